The lowest BCUT2D eigenvalue weighted by molar-refractivity contribution is -0.141. The maximum absolute atomic E-state index is 13.2. The number of hydrogen-bond acceptors (Lipinski definition) is 6. The number of anilines is 1. The van der Waals surface area contributed by atoms with Crippen molar-refractivity contribution in [3.63, 3.8) is 0 Å². The zero-order valence-electron chi connectivity index (χ0n) is 13.9. The average Bonchev–Trinajstić information content (AvgIpc) is 3.18. The molecule has 138 valence electrons. The van der Waals surface area contributed by atoms with E-state index < -0.39 is 11.8 Å². The molecule has 0 saturated carbocycles. The van der Waals surface area contributed by atoms with Gasteiger partial charge in [-0.15, -0.1) is 10.2 Å². The fourth-order valence-electron chi connectivity index (χ4n) is 2.97. The van der Waals surface area contributed by atoms with Crippen molar-refractivity contribution in [3.05, 3.63) is 5.01 Å². The predicted octanol–water partition coefficient (Wildman–Crippen LogP) is 1.69. The van der Waals surface area contributed by atoms with E-state index in [2.05, 4.69) is 10.2 Å². The first-order chi connectivity index (χ1) is 11.9. The maximum Gasteiger partial charge on any atom is 0.251 e. The number of amides is 2. The molecule has 1 atom stereocenters. The fourth-order valence-corrected chi connectivity index (χ4v) is 3.77. The molecule has 25 heavy (non-hydrogen) atoms. The molecule has 0 aromatic carbocycles. The van der Waals surface area contributed by atoms with E-state index in [1.54, 1.807) is 0 Å². The van der Waals surface area contributed by atoms with Gasteiger partial charge in [-0.25, -0.2) is 8.78 Å². The smallest absolute Gasteiger partial charge is 0.251 e. The van der Waals surface area contributed by atoms with Gasteiger partial charge >= 0.3 is 0 Å². The Hall–Kier alpha value is -1.68. The number of alkyl halides is 2. The highest BCUT2D eigenvalue weighted by Crippen LogP contribution is 2.32. The summed E-state index contributed by atoms with van der Waals surface area (Å²) in [6, 6.07) is 0. The summed E-state index contributed by atoms with van der Waals surface area (Å²) in [5, 5.41) is 9.08. The van der Waals surface area contributed by atoms with Crippen molar-refractivity contribution >= 4 is 28.3 Å². The Morgan fingerprint density at radius 3 is 2.76 bits per heavy atom. The minimum Gasteiger partial charge on any atom is -0.374 e. The van der Waals surface area contributed by atoms with Gasteiger partial charge in [-0.1, -0.05) is 11.3 Å². The molecule has 0 radical (unpaired) electrons. The minimum atomic E-state index is -2.70. The van der Waals surface area contributed by atoms with Gasteiger partial charge in [0.1, 0.15) is 11.6 Å². The van der Waals surface area contributed by atoms with Crippen LogP contribution in [0.1, 0.15) is 31.2 Å². The summed E-state index contributed by atoms with van der Waals surface area (Å²) in [5.41, 5.74) is 0. The molecule has 10 heteroatoms. The highest BCUT2D eigenvalue weighted by molar-refractivity contribution is 7.15. The van der Waals surface area contributed by atoms with Gasteiger partial charge in [-0.2, -0.15) is 0 Å². The van der Waals surface area contributed by atoms with Crippen LogP contribution in [0.3, 0.4) is 0 Å². The van der Waals surface area contributed by atoms with Gasteiger partial charge < -0.3 is 9.64 Å². The van der Waals surface area contributed by atoms with Crippen molar-refractivity contribution in [3.8, 4) is 0 Å². The summed E-state index contributed by atoms with van der Waals surface area (Å²) < 4.78 is 31.7. The number of carbonyl (C=O) groups is 2. The number of nitrogens with zero attached hydrogens (tertiary/aromatic N) is 4. The van der Waals surface area contributed by atoms with Crippen LogP contribution < -0.4 is 4.90 Å². The third kappa shape index (κ3) is 4.12. The van der Waals surface area contributed by atoms with Gasteiger partial charge in [0, 0.05) is 45.5 Å². The Bertz CT molecular complexity index is 644. The van der Waals surface area contributed by atoms with E-state index in [1.165, 1.54) is 21.1 Å². The molecule has 0 bridgehead atoms. The van der Waals surface area contributed by atoms with E-state index in [-0.39, 0.29) is 50.7 Å². The van der Waals surface area contributed by atoms with Crippen LogP contribution in [0.2, 0.25) is 0 Å². The van der Waals surface area contributed by atoms with Gasteiger partial charge in [0.15, 0.2) is 0 Å². The molecule has 2 amide bonds. The van der Waals surface area contributed by atoms with Crippen LogP contribution in [-0.4, -0.2) is 59.1 Å². The van der Waals surface area contributed by atoms with Crippen molar-refractivity contribution in [2.75, 3.05) is 31.1 Å². The standard InChI is InChI=1S/C15H20F2N4O3S/c1-2-24-9-11-18-19-14(25-11)21-8-10(7-12(21)22)13(23)20-5-3-15(16,17)4-6-20/h10H,2-9H2,1H3. The Morgan fingerprint density at radius 1 is 1.36 bits per heavy atom. The molecule has 0 N–H and O–H groups in total. The van der Waals surface area contributed by atoms with Gasteiger partial charge in [0.2, 0.25) is 16.9 Å². The Morgan fingerprint density at radius 2 is 2.08 bits per heavy atom. The molecule has 3 rings (SSSR count). The van der Waals surface area contributed by atoms with Crippen molar-refractivity contribution < 1.29 is 23.1 Å². The lowest BCUT2D eigenvalue weighted by Crippen LogP contribution is -2.45. The van der Waals surface area contributed by atoms with Crippen LogP contribution in [0.4, 0.5) is 13.9 Å². The number of likely N-dealkylation sites (tertiary alicyclic amines) is 1. The Balaban J connectivity index is 1.60. The molecule has 2 aliphatic heterocycles. The van der Waals surface area contributed by atoms with Crippen molar-refractivity contribution in [2.24, 2.45) is 5.92 Å². The normalized spacial score (nSPS) is 23.3. The van der Waals surface area contributed by atoms with Gasteiger partial charge in [0.05, 0.1) is 5.92 Å². The molecule has 1 aromatic rings. The third-order valence-electron chi connectivity index (χ3n) is 4.40. The van der Waals surface area contributed by atoms with Gasteiger partial charge in [-0.05, 0) is 6.92 Å². The number of carbonyl (C=O) groups excluding carboxylic acids is 2. The summed E-state index contributed by atoms with van der Waals surface area (Å²) in [4.78, 5) is 27.7. The maximum atomic E-state index is 13.2. The fraction of sp³-hybridized carbons (Fsp3) is 0.733. The second kappa shape index (κ2) is 7.28. The summed E-state index contributed by atoms with van der Waals surface area (Å²) >= 11 is 1.26. The quantitative estimate of drug-likeness (QED) is 0.784. The summed E-state index contributed by atoms with van der Waals surface area (Å²) in [6.45, 7) is 3.05. The van der Waals surface area contributed by atoms with Crippen molar-refractivity contribution in [2.45, 2.75) is 38.7 Å². The molecule has 2 fully saturated rings. The molecule has 1 unspecified atom stereocenters. The van der Waals surface area contributed by atoms with Gasteiger partial charge in [-0.3, -0.25) is 14.5 Å². The molecule has 2 saturated heterocycles. The molecule has 0 spiro atoms. The molecule has 2 aliphatic rings. The first kappa shape index (κ1) is 18.1. The van der Waals surface area contributed by atoms with Crippen LogP contribution >= 0.6 is 11.3 Å². The Kier molecular flexibility index (Phi) is 5.28. The number of piperidine rings is 1. The van der Waals surface area contributed by atoms with Crippen LogP contribution in [0.5, 0.6) is 0 Å². The van der Waals surface area contributed by atoms with E-state index in [1.807, 2.05) is 6.92 Å². The van der Waals surface area contributed by atoms with E-state index >= 15 is 0 Å². The zero-order valence-corrected chi connectivity index (χ0v) is 14.7. The molecular formula is C15H20F2N4O3S. The summed E-state index contributed by atoms with van der Waals surface area (Å²) in [7, 11) is 0. The van der Waals surface area contributed by atoms with E-state index in [9.17, 15) is 18.4 Å². The lowest BCUT2D eigenvalue weighted by Gasteiger charge is -2.33. The molecule has 3 heterocycles. The first-order valence-corrected chi connectivity index (χ1v) is 9.08. The van der Waals surface area contributed by atoms with Crippen LogP contribution in [0, 0.1) is 5.92 Å². The lowest BCUT2D eigenvalue weighted by atomic mass is 10.0. The van der Waals surface area contributed by atoms with E-state index in [4.69, 9.17) is 4.74 Å². The largest absolute Gasteiger partial charge is 0.374 e. The number of hydrogen-bond donors (Lipinski definition) is 0. The third-order valence-corrected chi connectivity index (χ3v) is 5.32. The van der Waals surface area contributed by atoms with Crippen LogP contribution in [-0.2, 0) is 20.9 Å². The summed E-state index contributed by atoms with van der Waals surface area (Å²) in [5.74, 6) is -3.64. The van der Waals surface area contributed by atoms with Crippen LogP contribution in [0.15, 0.2) is 0 Å². The predicted molar refractivity (Wildman–Crippen MR) is 86.5 cm³/mol. The number of ether oxygens (including phenoxy) is 1. The minimum absolute atomic E-state index is 0.0356. The van der Waals surface area contributed by atoms with Gasteiger partial charge in [0.25, 0.3) is 5.92 Å². The van der Waals surface area contributed by atoms with Crippen LogP contribution in [0.25, 0.3) is 0 Å². The van der Waals surface area contributed by atoms with E-state index in [0.29, 0.717) is 23.4 Å². The first-order valence-electron chi connectivity index (χ1n) is 8.27. The highest BCUT2D eigenvalue weighted by Gasteiger charge is 2.41. The summed E-state index contributed by atoms with van der Waals surface area (Å²) in [6.07, 6.45) is -0.563. The molecule has 0 aliphatic carbocycles. The van der Waals surface area contributed by atoms with Crippen molar-refractivity contribution in [1.29, 1.82) is 0 Å². The second-order valence-electron chi connectivity index (χ2n) is 6.20. The highest BCUT2D eigenvalue weighted by atomic mass is 32.1. The van der Waals surface area contributed by atoms with E-state index in [0.717, 1.165) is 0 Å². The Labute approximate surface area is 147 Å². The number of aromatic nitrogens is 2. The molecule has 7 nitrogen and oxygen atoms in total. The molecule has 1 aromatic heterocycles. The second-order valence-corrected chi connectivity index (χ2v) is 7.24. The van der Waals surface area contributed by atoms with Crippen molar-refractivity contribution in [1.82, 2.24) is 15.1 Å². The SMILES string of the molecule is CCOCc1nnc(N2CC(C(=O)N3CCC(F)(F)CC3)CC2=O)s1. The average molecular weight is 374 g/mol. The number of halogens is 2. The zero-order chi connectivity index (χ0) is 18.0. The monoisotopic (exact) mass is 374 g/mol. The molecular weight excluding hydrogens is 354 g/mol. The number of rotatable bonds is 5. The topological polar surface area (TPSA) is 75.6 Å².